The third kappa shape index (κ3) is 4.33. The second-order valence-corrected chi connectivity index (χ2v) is 7.98. The minimum atomic E-state index is -4.22. The van der Waals surface area contributed by atoms with E-state index in [1.54, 1.807) is 42.7 Å². The predicted molar refractivity (Wildman–Crippen MR) is 104 cm³/mol. The summed E-state index contributed by atoms with van der Waals surface area (Å²) < 4.78 is 59.7. The van der Waals surface area contributed by atoms with Gasteiger partial charge in [-0.05, 0) is 35.9 Å². The molecule has 0 radical (unpaired) electrons. The number of rotatable bonds is 6. The van der Waals surface area contributed by atoms with Crippen LogP contribution in [0.15, 0.2) is 76.4 Å². The Bertz CT molecular complexity index is 1270. The van der Waals surface area contributed by atoms with E-state index in [1.807, 2.05) is 0 Å². The molecule has 0 amide bonds. The molecule has 30 heavy (non-hydrogen) atoms. The molecule has 2 aromatic carbocycles. The van der Waals surface area contributed by atoms with Gasteiger partial charge in [-0.3, -0.25) is 9.71 Å². The summed E-state index contributed by atoms with van der Waals surface area (Å²) in [6, 6.07) is 12.2. The quantitative estimate of drug-likeness (QED) is 0.502. The molecule has 0 aliphatic carbocycles. The third-order valence-electron chi connectivity index (χ3n) is 4.14. The van der Waals surface area contributed by atoms with Gasteiger partial charge in [-0.2, -0.15) is 4.98 Å². The molecule has 0 aliphatic heterocycles. The Kier molecular flexibility index (Phi) is 5.23. The van der Waals surface area contributed by atoms with Gasteiger partial charge in [-0.1, -0.05) is 23.4 Å². The smallest absolute Gasteiger partial charge is 0.262 e. The molecule has 0 spiro atoms. The van der Waals surface area contributed by atoms with Crippen LogP contribution in [0.4, 0.5) is 14.5 Å². The zero-order valence-electron chi connectivity index (χ0n) is 15.3. The van der Waals surface area contributed by atoms with Crippen molar-refractivity contribution in [3.8, 4) is 11.4 Å². The normalized spacial score (nSPS) is 11.4. The van der Waals surface area contributed by atoms with Crippen LogP contribution in [0.25, 0.3) is 11.4 Å². The third-order valence-corrected chi connectivity index (χ3v) is 5.48. The molecule has 152 valence electrons. The van der Waals surface area contributed by atoms with E-state index in [0.29, 0.717) is 23.0 Å². The molecule has 1 N–H and O–H groups in total. The van der Waals surface area contributed by atoms with Crippen molar-refractivity contribution in [1.29, 1.82) is 0 Å². The molecule has 0 saturated carbocycles. The van der Waals surface area contributed by atoms with E-state index in [9.17, 15) is 17.2 Å². The molecule has 0 aliphatic rings. The maximum atomic E-state index is 13.4. The van der Waals surface area contributed by atoms with Crippen LogP contribution in [-0.2, 0) is 16.4 Å². The highest BCUT2D eigenvalue weighted by Gasteiger charge is 2.19. The molecule has 4 rings (SSSR count). The van der Waals surface area contributed by atoms with E-state index < -0.39 is 26.6 Å². The molecular weight excluding hydrogens is 414 g/mol. The van der Waals surface area contributed by atoms with Crippen molar-refractivity contribution in [2.75, 3.05) is 4.72 Å². The first kappa shape index (κ1) is 19.6. The molecule has 0 unspecified atom stereocenters. The van der Waals surface area contributed by atoms with E-state index in [0.717, 1.165) is 12.1 Å². The van der Waals surface area contributed by atoms with Gasteiger partial charge >= 0.3 is 0 Å². The fraction of sp³-hybridized carbons (Fsp3) is 0.0500. The van der Waals surface area contributed by atoms with Crippen LogP contribution >= 0.6 is 0 Å². The monoisotopic (exact) mass is 428 g/mol. The summed E-state index contributed by atoms with van der Waals surface area (Å²) in [5.41, 5.74) is 1.44. The highest BCUT2D eigenvalue weighted by molar-refractivity contribution is 7.92. The van der Waals surface area contributed by atoms with Crippen LogP contribution in [0.2, 0.25) is 0 Å². The number of hydrogen-bond donors (Lipinski definition) is 1. The lowest BCUT2D eigenvalue weighted by Crippen LogP contribution is -2.15. The van der Waals surface area contributed by atoms with Gasteiger partial charge in [-0.15, -0.1) is 0 Å². The first-order valence-corrected chi connectivity index (χ1v) is 10.2. The van der Waals surface area contributed by atoms with Gasteiger partial charge in [0.1, 0.15) is 11.6 Å². The van der Waals surface area contributed by atoms with Gasteiger partial charge in [0, 0.05) is 24.0 Å². The maximum absolute atomic E-state index is 13.4. The summed E-state index contributed by atoms with van der Waals surface area (Å²) in [7, 11) is -4.22. The van der Waals surface area contributed by atoms with E-state index in [-0.39, 0.29) is 18.0 Å². The summed E-state index contributed by atoms with van der Waals surface area (Å²) in [6.07, 6.45) is 3.36. The lowest BCUT2D eigenvalue weighted by molar-refractivity contribution is 0.386. The van der Waals surface area contributed by atoms with Crippen molar-refractivity contribution in [2.24, 2.45) is 0 Å². The number of pyridine rings is 1. The van der Waals surface area contributed by atoms with E-state index in [4.69, 9.17) is 4.52 Å². The Balaban J connectivity index is 1.60. The van der Waals surface area contributed by atoms with E-state index >= 15 is 0 Å². The van der Waals surface area contributed by atoms with Crippen molar-refractivity contribution in [3.05, 3.63) is 90.1 Å². The first-order valence-electron chi connectivity index (χ1n) is 8.70. The second-order valence-electron chi connectivity index (χ2n) is 6.30. The minimum absolute atomic E-state index is 0.142. The summed E-state index contributed by atoms with van der Waals surface area (Å²) in [5.74, 6) is -1.36. The zero-order valence-corrected chi connectivity index (χ0v) is 16.1. The Morgan fingerprint density at radius 3 is 2.50 bits per heavy atom. The fourth-order valence-electron chi connectivity index (χ4n) is 2.76. The Hall–Kier alpha value is -3.66. The number of sulfonamides is 1. The zero-order chi connectivity index (χ0) is 21.1. The van der Waals surface area contributed by atoms with Gasteiger partial charge in [0.25, 0.3) is 10.0 Å². The van der Waals surface area contributed by atoms with Gasteiger partial charge in [-0.25, -0.2) is 17.2 Å². The molecule has 0 bridgehead atoms. The Morgan fingerprint density at radius 1 is 1.00 bits per heavy atom. The number of hydrogen-bond acceptors (Lipinski definition) is 6. The molecule has 0 atom stereocenters. The molecule has 0 fully saturated rings. The number of nitrogens with zero attached hydrogens (tertiary/aromatic N) is 3. The number of benzene rings is 2. The highest BCUT2D eigenvalue weighted by atomic mass is 32.2. The average Bonchev–Trinajstić information content (AvgIpc) is 3.18. The van der Waals surface area contributed by atoms with Crippen molar-refractivity contribution < 1.29 is 21.7 Å². The van der Waals surface area contributed by atoms with Crippen LogP contribution < -0.4 is 4.72 Å². The lowest BCUT2D eigenvalue weighted by atomic mass is 10.1. The molecule has 0 saturated heterocycles. The van der Waals surface area contributed by atoms with Crippen molar-refractivity contribution in [2.45, 2.75) is 11.3 Å². The number of halogens is 2. The summed E-state index contributed by atoms with van der Waals surface area (Å²) in [4.78, 5) is 7.78. The van der Waals surface area contributed by atoms with Crippen molar-refractivity contribution in [1.82, 2.24) is 15.1 Å². The van der Waals surface area contributed by atoms with Crippen LogP contribution in [0.3, 0.4) is 0 Å². The first-order chi connectivity index (χ1) is 14.4. The van der Waals surface area contributed by atoms with Gasteiger partial charge < -0.3 is 4.52 Å². The fourth-order valence-corrected chi connectivity index (χ4v) is 3.91. The SMILES string of the molecule is O=S(=O)(Nc1ccccc1Cc1nc(-c2cccnc2)no1)c1cc(F)cc(F)c1. The molecule has 10 heteroatoms. The Labute approximate surface area is 170 Å². The van der Waals surface area contributed by atoms with Gasteiger partial charge in [0.2, 0.25) is 11.7 Å². The summed E-state index contributed by atoms with van der Waals surface area (Å²) in [6.45, 7) is 0. The van der Waals surface area contributed by atoms with Crippen LogP contribution in [0.5, 0.6) is 0 Å². The molecule has 4 aromatic rings. The largest absolute Gasteiger partial charge is 0.339 e. The average molecular weight is 428 g/mol. The molecule has 2 aromatic heterocycles. The Morgan fingerprint density at radius 2 is 1.77 bits per heavy atom. The van der Waals surface area contributed by atoms with Crippen molar-refractivity contribution >= 4 is 15.7 Å². The highest BCUT2D eigenvalue weighted by Crippen LogP contribution is 2.24. The van der Waals surface area contributed by atoms with Gasteiger partial charge in [0.05, 0.1) is 17.0 Å². The molecular formula is C20H14F2N4O3S. The maximum Gasteiger partial charge on any atom is 0.262 e. The predicted octanol–water partition coefficient (Wildman–Crippen LogP) is 3.80. The number of anilines is 1. The van der Waals surface area contributed by atoms with Crippen LogP contribution in [-0.4, -0.2) is 23.5 Å². The number of aromatic nitrogens is 3. The standard InChI is InChI=1S/C20H14F2N4O3S/c21-15-9-16(22)11-17(10-15)30(27,28)26-18-6-2-1-4-13(18)8-19-24-20(25-29-19)14-5-3-7-23-12-14/h1-7,9-12,26H,8H2. The topological polar surface area (TPSA) is 98.0 Å². The molecule has 2 heterocycles. The number of para-hydroxylation sites is 1. The minimum Gasteiger partial charge on any atom is -0.339 e. The van der Waals surface area contributed by atoms with Crippen molar-refractivity contribution in [3.63, 3.8) is 0 Å². The molecule has 7 nitrogen and oxygen atoms in total. The summed E-state index contributed by atoms with van der Waals surface area (Å²) in [5, 5.41) is 3.91. The van der Waals surface area contributed by atoms with Crippen LogP contribution in [0, 0.1) is 11.6 Å². The van der Waals surface area contributed by atoms with Crippen LogP contribution in [0.1, 0.15) is 11.5 Å². The second kappa shape index (κ2) is 7.99. The van der Waals surface area contributed by atoms with Gasteiger partial charge in [0.15, 0.2) is 0 Å². The van der Waals surface area contributed by atoms with E-state index in [2.05, 4.69) is 19.8 Å². The lowest BCUT2D eigenvalue weighted by Gasteiger charge is -2.12. The summed E-state index contributed by atoms with van der Waals surface area (Å²) >= 11 is 0. The van der Waals surface area contributed by atoms with E-state index in [1.165, 1.54) is 6.07 Å². The number of nitrogens with one attached hydrogen (secondary N) is 1.